The van der Waals surface area contributed by atoms with Gasteiger partial charge in [0.1, 0.15) is 0 Å². The summed E-state index contributed by atoms with van der Waals surface area (Å²) in [5, 5.41) is 11.0. The average Bonchev–Trinajstić information content (AvgIpc) is 2.26. The van der Waals surface area contributed by atoms with Gasteiger partial charge in [0.2, 0.25) is 5.91 Å². The summed E-state index contributed by atoms with van der Waals surface area (Å²) in [6.45, 7) is 1.24. The lowest BCUT2D eigenvalue weighted by atomic mass is 10.1. The van der Waals surface area contributed by atoms with Gasteiger partial charge >= 0.3 is 5.97 Å². The molecule has 0 saturated carbocycles. The summed E-state index contributed by atoms with van der Waals surface area (Å²) < 4.78 is 0. The van der Waals surface area contributed by atoms with Crippen LogP contribution in [-0.4, -0.2) is 29.3 Å². The highest BCUT2D eigenvalue weighted by Crippen LogP contribution is 2.04. The van der Waals surface area contributed by atoms with Crippen LogP contribution in [0.2, 0.25) is 0 Å². The minimum atomic E-state index is -1.04. The van der Waals surface area contributed by atoms with Crippen LogP contribution in [-0.2, 0) is 4.79 Å². The molecule has 0 spiro atoms. The molecule has 0 fully saturated rings. The maximum Gasteiger partial charge on any atom is 0.335 e. The molecule has 0 unspecified atom stereocenters. The number of carbonyl (C=O) groups excluding carboxylic acids is 2. The Balaban J connectivity index is 2.70. The van der Waals surface area contributed by atoms with E-state index < -0.39 is 5.97 Å². The molecule has 0 aliphatic rings. The fraction of sp³-hybridized carbons (Fsp3) is 0.182. The summed E-state index contributed by atoms with van der Waals surface area (Å²) in [4.78, 5) is 32.6. The fourth-order valence-electron chi connectivity index (χ4n) is 1.11. The van der Waals surface area contributed by atoms with Crippen LogP contribution in [0.4, 0.5) is 0 Å². The van der Waals surface area contributed by atoms with E-state index in [9.17, 15) is 14.4 Å². The molecule has 1 aromatic rings. The zero-order valence-corrected chi connectivity index (χ0v) is 8.69. The summed E-state index contributed by atoms with van der Waals surface area (Å²) >= 11 is 0. The van der Waals surface area contributed by atoms with Crippen LogP contribution < -0.4 is 5.32 Å². The van der Waals surface area contributed by atoms with Crippen LogP contribution in [0.1, 0.15) is 27.6 Å². The van der Waals surface area contributed by atoms with Crippen molar-refractivity contribution in [2.24, 2.45) is 0 Å². The number of carboxylic acid groups (broad SMARTS) is 1. The molecule has 5 nitrogen and oxygen atoms in total. The topological polar surface area (TPSA) is 83.5 Å². The van der Waals surface area contributed by atoms with E-state index in [2.05, 4.69) is 5.32 Å². The van der Waals surface area contributed by atoms with Gasteiger partial charge in [-0.15, -0.1) is 0 Å². The summed E-state index contributed by atoms with van der Waals surface area (Å²) in [7, 11) is 0. The van der Waals surface area contributed by atoms with Crippen molar-refractivity contribution in [1.82, 2.24) is 5.32 Å². The van der Waals surface area contributed by atoms with Crippen molar-refractivity contribution < 1.29 is 19.5 Å². The Morgan fingerprint density at radius 3 is 2.06 bits per heavy atom. The van der Waals surface area contributed by atoms with E-state index in [0.29, 0.717) is 5.56 Å². The zero-order chi connectivity index (χ0) is 12.1. The normalized spacial score (nSPS) is 9.56. The molecule has 0 saturated heterocycles. The molecule has 1 aromatic carbocycles. The van der Waals surface area contributed by atoms with Crippen molar-refractivity contribution in [3.63, 3.8) is 0 Å². The van der Waals surface area contributed by atoms with Crippen LogP contribution in [0.15, 0.2) is 24.3 Å². The van der Waals surface area contributed by atoms with Gasteiger partial charge in [-0.25, -0.2) is 4.79 Å². The fourth-order valence-corrected chi connectivity index (χ4v) is 1.11. The van der Waals surface area contributed by atoms with Gasteiger partial charge in [0, 0.05) is 12.5 Å². The highest BCUT2D eigenvalue weighted by atomic mass is 16.4. The predicted molar refractivity (Wildman–Crippen MR) is 56.4 cm³/mol. The van der Waals surface area contributed by atoms with Gasteiger partial charge in [0.25, 0.3) is 0 Å². The van der Waals surface area contributed by atoms with Gasteiger partial charge in [0.05, 0.1) is 12.1 Å². The number of aromatic carboxylic acids is 1. The molecule has 0 heterocycles. The molecule has 16 heavy (non-hydrogen) atoms. The number of carbonyl (C=O) groups is 3. The molecule has 0 aliphatic heterocycles. The Labute approximate surface area is 92.1 Å². The predicted octanol–water partition coefficient (Wildman–Crippen LogP) is 0.704. The first-order valence-electron chi connectivity index (χ1n) is 4.61. The minimum Gasteiger partial charge on any atom is -0.478 e. The second kappa shape index (κ2) is 5.06. The van der Waals surface area contributed by atoms with Crippen LogP contribution in [0.5, 0.6) is 0 Å². The number of amides is 1. The number of nitrogens with one attached hydrogen (secondary N) is 1. The molecule has 0 aliphatic carbocycles. The maximum absolute atomic E-state index is 11.5. The van der Waals surface area contributed by atoms with Crippen molar-refractivity contribution in [3.8, 4) is 0 Å². The smallest absolute Gasteiger partial charge is 0.335 e. The number of hydrogen-bond donors (Lipinski definition) is 2. The van der Waals surface area contributed by atoms with E-state index in [-0.39, 0.29) is 23.8 Å². The van der Waals surface area contributed by atoms with Gasteiger partial charge < -0.3 is 10.4 Å². The number of hydrogen-bond acceptors (Lipinski definition) is 3. The van der Waals surface area contributed by atoms with E-state index in [1.807, 2.05) is 0 Å². The van der Waals surface area contributed by atoms with Crippen molar-refractivity contribution in [3.05, 3.63) is 35.4 Å². The molecule has 0 atom stereocenters. The molecular weight excluding hydrogens is 210 g/mol. The summed E-state index contributed by atoms with van der Waals surface area (Å²) in [5.41, 5.74) is 0.495. The third-order valence-corrected chi connectivity index (χ3v) is 1.95. The number of rotatable bonds is 4. The van der Waals surface area contributed by atoms with Crippen LogP contribution in [0.25, 0.3) is 0 Å². The summed E-state index contributed by atoms with van der Waals surface area (Å²) in [5.74, 6) is -1.58. The Morgan fingerprint density at radius 2 is 1.62 bits per heavy atom. The van der Waals surface area contributed by atoms with Crippen molar-refractivity contribution >= 4 is 17.7 Å². The molecular formula is C11H11NO4. The van der Waals surface area contributed by atoms with Crippen molar-refractivity contribution in [2.45, 2.75) is 6.92 Å². The van der Waals surface area contributed by atoms with E-state index in [1.165, 1.54) is 31.2 Å². The summed E-state index contributed by atoms with van der Waals surface area (Å²) in [6.07, 6.45) is 0. The number of ketones is 1. The second-order valence-corrected chi connectivity index (χ2v) is 3.22. The van der Waals surface area contributed by atoms with Gasteiger partial charge in [-0.2, -0.15) is 0 Å². The molecule has 0 radical (unpaired) electrons. The minimum absolute atomic E-state index is 0.0816. The first-order valence-corrected chi connectivity index (χ1v) is 4.61. The van der Waals surface area contributed by atoms with Gasteiger partial charge in [-0.1, -0.05) is 12.1 Å². The largest absolute Gasteiger partial charge is 0.478 e. The average molecular weight is 221 g/mol. The standard InChI is InChI=1S/C11H11NO4/c1-7(13)12-6-10(14)8-2-4-9(5-3-8)11(15)16/h2-5H,6H2,1H3,(H,12,13)(H,15,16). The van der Waals surface area contributed by atoms with Crippen molar-refractivity contribution in [1.29, 1.82) is 0 Å². The maximum atomic E-state index is 11.5. The van der Waals surface area contributed by atoms with E-state index >= 15 is 0 Å². The number of benzene rings is 1. The third-order valence-electron chi connectivity index (χ3n) is 1.95. The molecule has 0 aromatic heterocycles. The first kappa shape index (κ1) is 11.9. The van der Waals surface area contributed by atoms with Gasteiger partial charge in [-0.05, 0) is 12.1 Å². The van der Waals surface area contributed by atoms with Crippen LogP contribution in [0, 0.1) is 0 Å². The quantitative estimate of drug-likeness (QED) is 0.733. The monoisotopic (exact) mass is 221 g/mol. The Bertz CT molecular complexity index is 422. The molecule has 5 heteroatoms. The Kier molecular flexibility index (Phi) is 3.77. The lowest BCUT2D eigenvalue weighted by Crippen LogP contribution is -2.27. The number of carboxylic acids is 1. The molecule has 84 valence electrons. The SMILES string of the molecule is CC(=O)NCC(=O)c1ccc(C(=O)O)cc1. The Hall–Kier alpha value is -2.17. The third kappa shape index (κ3) is 3.20. The highest BCUT2D eigenvalue weighted by molar-refractivity contribution is 6.00. The number of Topliss-reactive ketones (excluding diaryl/α,β-unsaturated/α-hetero) is 1. The van der Waals surface area contributed by atoms with Crippen LogP contribution >= 0.6 is 0 Å². The molecule has 1 rings (SSSR count). The van der Waals surface area contributed by atoms with E-state index in [4.69, 9.17) is 5.11 Å². The lowest BCUT2D eigenvalue weighted by Gasteiger charge is -2.02. The highest BCUT2D eigenvalue weighted by Gasteiger charge is 2.07. The second-order valence-electron chi connectivity index (χ2n) is 3.22. The Morgan fingerprint density at radius 1 is 1.12 bits per heavy atom. The molecule has 0 bridgehead atoms. The first-order chi connectivity index (χ1) is 7.50. The van der Waals surface area contributed by atoms with E-state index in [1.54, 1.807) is 0 Å². The summed E-state index contributed by atoms with van der Waals surface area (Å²) in [6, 6.07) is 5.55. The molecule has 1 amide bonds. The zero-order valence-electron chi connectivity index (χ0n) is 8.69. The van der Waals surface area contributed by atoms with Gasteiger partial charge in [-0.3, -0.25) is 9.59 Å². The van der Waals surface area contributed by atoms with Gasteiger partial charge in [0.15, 0.2) is 5.78 Å². The molecule has 2 N–H and O–H groups in total. The van der Waals surface area contributed by atoms with Crippen molar-refractivity contribution in [2.75, 3.05) is 6.54 Å². The van der Waals surface area contributed by atoms with E-state index in [0.717, 1.165) is 0 Å². The van der Waals surface area contributed by atoms with Crippen LogP contribution in [0.3, 0.4) is 0 Å². The lowest BCUT2D eigenvalue weighted by molar-refractivity contribution is -0.118.